The number of amides is 1. The Morgan fingerprint density at radius 3 is 3.04 bits per heavy atom. The van der Waals surface area contributed by atoms with E-state index in [2.05, 4.69) is 22.2 Å². The van der Waals surface area contributed by atoms with Crippen LogP contribution < -0.4 is 5.32 Å². The summed E-state index contributed by atoms with van der Waals surface area (Å²) >= 11 is 6.10. The molecular weight excluding hydrogens is 330 g/mol. The lowest BCUT2D eigenvalue weighted by Crippen LogP contribution is -2.50. The second kappa shape index (κ2) is 7.32. The van der Waals surface area contributed by atoms with Gasteiger partial charge in [0.15, 0.2) is 0 Å². The van der Waals surface area contributed by atoms with Gasteiger partial charge in [-0.3, -0.25) is 4.79 Å². The standard InChI is InChI=1S/C16H20ClN5O2/c1-10-6-12(20-15-13(17)8-19-14(7-18)21-15)2-4-22(10)16(23)11-3-5-24-9-11/h8,10-12H,2-6,9H2,1H3,(H,19,20,21)/t10?,11-,12?/m1/s1. The molecule has 1 aromatic heterocycles. The van der Waals surface area contributed by atoms with Crippen molar-refractivity contribution in [2.45, 2.75) is 38.3 Å². The normalized spacial score (nSPS) is 26.9. The third-order valence-corrected chi connectivity index (χ3v) is 4.90. The summed E-state index contributed by atoms with van der Waals surface area (Å²) in [6, 6.07) is 2.20. The van der Waals surface area contributed by atoms with E-state index >= 15 is 0 Å². The molecule has 7 nitrogen and oxygen atoms in total. The van der Waals surface area contributed by atoms with E-state index in [0.717, 1.165) is 19.3 Å². The summed E-state index contributed by atoms with van der Waals surface area (Å²) in [5, 5.41) is 12.6. The Morgan fingerprint density at radius 2 is 2.38 bits per heavy atom. The molecule has 1 amide bonds. The van der Waals surface area contributed by atoms with Crippen molar-refractivity contribution in [3.63, 3.8) is 0 Å². The smallest absolute Gasteiger partial charge is 0.234 e. The molecule has 3 rings (SSSR count). The van der Waals surface area contributed by atoms with Crippen molar-refractivity contribution >= 4 is 23.3 Å². The molecule has 0 saturated carbocycles. The zero-order chi connectivity index (χ0) is 17.1. The monoisotopic (exact) mass is 349 g/mol. The highest BCUT2D eigenvalue weighted by Crippen LogP contribution is 2.26. The van der Waals surface area contributed by atoms with E-state index in [4.69, 9.17) is 21.6 Å². The highest BCUT2D eigenvalue weighted by atomic mass is 35.5. The summed E-state index contributed by atoms with van der Waals surface area (Å²) in [6.45, 7) is 3.97. The van der Waals surface area contributed by atoms with Gasteiger partial charge >= 0.3 is 0 Å². The number of halogens is 1. The Morgan fingerprint density at radius 1 is 1.54 bits per heavy atom. The average Bonchev–Trinajstić information content (AvgIpc) is 3.11. The summed E-state index contributed by atoms with van der Waals surface area (Å²) in [7, 11) is 0. The van der Waals surface area contributed by atoms with E-state index in [1.165, 1.54) is 6.20 Å². The number of nitriles is 1. The molecule has 128 valence electrons. The Hall–Kier alpha value is -1.91. The van der Waals surface area contributed by atoms with Gasteiger partial charge in [0.05, 0.1) is 18.7 Å². The molecule has 3 atom stereocenters. The van der Waals surface area contributed by atoms with Crippen molar-refractivity contribution in [2.75, 3.05) is 25.1 Å². The number of likely N-dealkylation sites (tertiary alicyclic amines) is 1. The molecular formula is C16H20ClN5O2. The molecule has 0 bridgehead atoms. The van der Waals surface area contributed by atoms with Gasteiger partial charge < -0.3 is 15.0 Å². The fourth-order valence-electron chi connectivity index (χ4n) is 3.31. The van der Waals surface area contributed by atoms with Crippen LogP contribution in [0.5, 0.6) is 0 Å². The molecule has 2 fully saturated rings. The second-order valence-electron chi connectivity index (χ2n) is 6.31. The maximum Gasteiger partial charge on any atom is 0.234 e. The molecule has 0 spiro atoms. The van der Waals surface area contributed by atoms with Crippen molar-refractivity contribution in [1.29, 1.82) is 5.26 Å². The van der Waals surface area contributed by atoms with Gasteiger partial charge in [-0.2, -0.15) is 5.26 Å². The van der Waals surface area contributed by atoms with Crippen LogP contribution in [0.2, 0.25) is 5.02 Å². The molecule has 3 heterocycles. The molecule has 2 aliphatic heterocycles. The number of piperidine rings is 1. The van der Waals surface area contributed by atoms with Gasteiger partial charge in [0.1, 0.15) is 16.9 Å². The summed E-state index contributed by atoms with van der Waals surface area (Å²) in [5.74, 6) is 0.768. The second-order valence-corrected chi connectivity index (χ2v) is 6.72. The minimum Gasteiger partial charge on any atom is -0.381 e. The Balaban J connectivity index is 1.61. The number of anilines is 1. The van der Waals surface area contributed by atoms with Crippen LogP contribution in [0.1, 0.15) is 32.0 Å². The van der Waals surface area contributed by atoms with Crippen LogP contribution in [0.25, 0.3) is 0 Å². The van der Waals surface area contributed by atoms with E-state index in [-0.39, 0.29) is 29.7 Å². The lowest BCUT2D eigenvalue weighted by atomic mass is 9.96. The fourth-order valence-corrected chi connectivity index (χ4v) is 3.46. The molecule has 0 radical (unpaired) electrons. The number of hydrogen-bond acceptors (Lipinski definition) is 6. The predicted molar refractivity (Wildman–Crippen MR) is 88.5 cm³/mol. The maximum atomic E-state index is 12.6. The van der Waals surface area contributed by atoms with E-state index in [1.807, 2.05) is 11.0 Å². The van der Waals surface area contributed by atoms with E-state index in [0.29, 0.717) is 30.6 Å². The highest BCUT2D eigenvalue weighted by Gasteiger charge is 2.34. The number of ether oxygens (including phenoxy) is 1. The molecule has 24 heavy (non-hydrogen) atoms. The summed E-state index contributed by atoms with van der Waals surface area (Å²) in [5.41, 5.74) is 0. The lowest BCUT2D eigenvalue weighted by Gasteiger charge is -2.39. The van der Waals surface area contributed by atoms with Crippen LogP contribution in [0.4, 0.5) is 5.82 Å². The minimum absolute atomic E-state index is 0.00598. The predicted octanol–water partition coefficient (Wildman–Crippen LogP) is 1.83. The highest BCUT2D eigenvalue weighted by molar-refractivity contribution is 6.32. The van der Waals surface area contributed by atoms with Crippen LogP contribution in [-0.4, -0.2) is 52.6 Å². The number of nitrogens with zero attached hydrogens (tertiary/aromatic N) is 4. The number of carbonyl (C=O) groups excluding carboxylic acids is 1. The first-order valence-corrected chi connectivity index (χ1v) is 8.53. The van der Waals surface area contributed by atoms with Crippen LogP contribution >= 0.6 is 11.6 Å². The van der Waals surface area contributed by atoms with Crippen molar-refractivity contribution in [3.8, 4) is 6.07 Å². The topological polar surface area (TPSA) is 91.1 Å². The van der Waals surface area contributed by atoms with Crippen LogP contribution in [0, 0.1) is 17.2 Å². The molecule has 2 aliphatic rings. The van der Waals surface area contributed by atoms with Crippen LogP contribution in [0.15, 0.2) is 6.20 Å². The van der Waals surface area contributed by atoms with Crippen molar-refractivity contribution in [1.82, 2.24) is 14.9 Å². The Kier molecular flexibility index (Phi) is 5.17. The quantitative estimate of drug-likeness (QED) is 0.895. The average molecular weight is 350 g/mol. The summed E-state index contributed by atoms with van der Waals surface area (Å²) in [6.07, 6.45) is 3.86. The van der Waals surface area contributed by atoms with Crippen molar-refractivity contribution in [3.05, 3.63) is 17.0 Å². The number of carbonyl (C=O) groups is 1. The molecule has 0 aliphatic carbocycles. The largest absolute Gasteiger partial charge is 0.381 e. The maximum absolute atomic E-state index is 12.6. The first kappa shape index (κ1) is 16.9. The van der Waals surface area contributed by atoms with Gasteiger partial charge in [-0.1, -0.05) is 11.6 Å². The van der Waals surface area contributed by atoms with Gasteiger partial charge in [-0.25, -0.2) is 9.97 Å². The Bertz CT molecular complexity index is 656. The zero-order valence-electron chi connectivity index (χ0n) is 13.5. The van der Waals surface area contributed by atoms with Crippen LogP contribution in [-0.2, 0) is 9.53 Å². The van der Waals surface area contributed by atoms with E-state index in [9.17, 15) is 4.79 Å². The molecule has 0 aromatic carbocycles. The number of aromatic nitrogens is 2. The lowest BCUT2D eigenvalue weighted by molar-refractivity contribution is -0.138. The first-order valence-electron chi connectivity index (χ1n) is 8.16. The fraction of sp³-hybridized carbons (Fsp3) is 0.625. The summed E-state index contributed by atoms with van der Waals surface area (Å²) < 4.78 is 5.32. The SMILES string of the molecule is CC1CC(Nc2nc(C#N)ncc2Cl)CCN1C(=O)[C@@H]1CCOC1. The van der Waals surface area contributed by atoms with Crippen molar-refractivity contribution < 1.29 is 9.53 Å². The zero-order valence-corrected chi connectivity index (χ0v) is 14.3. The molecule has 1 N–H and O–H groups in total. The first-order chi connectivity index (χ1) is 11.6. The van der Waals surface area contributed by atoms with E-state index < -0.39 is 0 Å². The van der Waals surface area contributed by atoms with Gasteiger partial charge in [0, 0.05) is 25.2 Å². The molecule has 2 unspecified atom stereocenters. The summed E-state index contributed by atoms with van der Waals surface area (Å²) in [4.78, 5) is 22.5. The Labute approximate surface area is 146 Å². The number of rotatable bonds is 3. The van der Waals surface area contributed by atoms with Gasteiger partial charge in [0.25, 0.3) is 0 Å². The van der Waals surface area contributed by atoms with E-state index in [1.54, 1.807) is 0 Å². The minimum atomic E-state index is 0.00598. The third-order valence-electron chi connectivity index (χ3n) is 4.62. The molecule has 2 saturated heterocycles. The van der Waals surface area contributed by atoms with Gasteiger partial charge in [-0.05, 0) is 26.2 Å². The van der Waals surface area contributed by atoms with Gasteiger partial charge in [0.2, 0.25) is 11.7 Å². The van der Waals surface area contributed by atoms with Gasteiger partial charge in [-0.15, -0.1) is 0 Å². The number of nitrogens with one attached hydrogen (secondary N) is 1. The molecule has 8 heteroatoms. The van der Waals surface area contributed by atoms with Crippen LogP contribution in [0.3, 0.4) is 0 Å². The third kappa shape index (κ3) is 3.60. The molecule has 1 aromatic rings. The number of hydrogen-bond donors (Lipinski definition) is 1. The van der Waals surface area contributed by atoms with Crippen molar-refractivity contribution in [2.24, 2.45) is 5.92 Å².